The molecule has 0 saturated heterocycles. The molecule has 2 aromatic heterocycles. The number of hydrogen-bond donors (Lipinski definition) is 3. The maximum Gasteiger partial charge on any atom is 0.358 e. The number of carbonyl (C=O) groups excluding carboxylic acids is 1. The van der Waals surface area contributed by atoms with Crippen LogP contribution in [0.2, 0.25) is 0 Å². The molecule has 0 aliphatic carbocycles. The highest BCUT2D eigenvalue weighted by atomic mass is 32.1. The molecule has 2 heterocycles. The van der Waals surface area contributed by atoms with Gasteiger partial charge in [0.2, 0.25) is 5.75 Å². The second-order valence-corrected chi connectivity index (χ2v) is 6.20. The Hall–Kier alpha value is -3.46. The highest BCUT2D eigenvalue weighted by Crippen LogP contribution is 2.33. The van der Waals surface area contributed by atoms with Crippen molar-refractivity contribution in [3.05, 3.63) is 63.4 Å². The van der Waals surface area contributed by atoms with E-state index in [4.69, 9.17) is 5.11 Å². The number of anilines is 1. The number of benzene rings is 1. The fraction of sp³-hybridized carbons (Fsp3) is 0.0588. The van der Waals surface area contributed by atoms with E-state index >= 15 is 0 Å². The number of amides is 1. The standard InChI is InChI=1S/C17H13N3O5S/c1-20-14(19-11(17(24)25)12(21)16(20)23)13-10(7-8-26-13)18-15(22)9-5-3-2-4-6-9/h2-8,21H,1H3,(H,18,22)(H,24,25). The van der Waals surface area contributed by atoms with E-state index in [2.05, 4.69) is 10.3 Å². The van der Waals surface area contributed by atoms with E-state index < -0.39 is 23.0 Å². The number of carboxylic acid groups (broad SMARTS) is 1. The van der Waals surface area contributed by atoms with Gasteiger partial charge in [0.25, 0.3) is 11.5 Å². The normalized spacial score (nSPS) is 10.5. The minimum atomic E-state index is -1.52. The first-order valence-corrected chi connectivity index (χ1v) is 8.25. The summed E-state index contributed by atoms with van der Waals surface area (Å²) in [5.41, 5.74) is -0.796. The molecule has 0 unspecified atom stereocenters. The first kappa shape index (κ1) is 17.4. The molecule has 0 saturated carbocycles. The van der Waals surface area contributed by atoms with Crippen LogP contribution in [0, 0.1) is 0 Å². The van der Waals surface area contributed by atoms with Gasteiger partial charge in [-0.3, -0.25) is 14.2 Å². The summed E-state index contributed by atoms with van der Waals surface area (Å²) < 4.78 is 1.03. The third kappa shape index (κ3) is 3.07. The van der Waals surface area contributed by atoms with E-state index in [0.29, 0.717) is 16.1 Å². The van der Waals surface area contributed by atoms with Crippen LogP contribution in [0.15, 0.2) is 46.6 Å². The van der Waals surface area contributed by atoms with Gasteiger partial charge in [0.05, 0.1) is 10.6 Å². The maximum atomic E-state index is 12.3. The number of nitrogens with zero attached hydrogens (tertiary/aromatic N) is 2. The van der Waals surface area contributed by atoms with Crippen LogP contribution in [0.5, 0.6) is 5.75 Å². The van der Waals surface area contributed by atoms with Crippen molar-refractivity contribution < 1.29 is 19.8 Å². The molecular weight excluding hydrogens is 358 g/mol. The summed E-state index contributed by atoms with van der Waals surface area (Å²) in [6.45, 7) is 0. The molecule has 8 nitrogen and oxygen atoms in total. The molecular formula is C17H13N3O5S. The summed E-state index contributed by atoms with van der Waals surface area (Å²) in [5, 5.41) is 23.2. The van der Waals surface area contributed by atoms with Crippen LogP contribution in [0.1, 0.15) is 20.8 Å². The minimum Gasteiger partial charge on any atom is -0.501 e. The Morgan fingerprint density at radius 3 is 2.54 bits per heavy atom. The summed E-state index contributed by atoms with van der Waals surface area (Å²) in [5.74, 6) is -2.78. The number of carboxylic acids is 1. The van der Waals surface area contributed by atoms with Crippen LogP contribution in [-0.2, 0) is 7.05 Å². The van der Waals surface area contributed by atoms with Gasteiger partial charge in [-0.2, -0.15) is 0 Å². The summed E-state index contributed by atoms with van der Waals surface area (Å²) in [7, 11) is 1.36. The lowest BCUT2D eigenvalue weighted by Gasteiger charge is -2.11. The molecule has 3 N–H and O–H groups in total. The molecule has 0 aliphatic rings. The van der Waals surface area contributed by atoms with Crippen molar-refractivity contribution >= 4 is 28.9 Å². The second kappa shape index (κ2) is 6.81. The van der Waals surface area contributed by atoms with Gasteiger partial charge in [-0.25, -0.2) is 9.78 Å². The Labute approximate surface area is 151 Å². The van der Waals surface area contributed by atoms with Crippen LogP contribution in [0.25, 0.3) is 10.7 Å². The predicted octanol–water partition coefficient (Wildman–Crippen LogP) is 2.16. The van der Waals surface area contributed by atoms with Crippen LogP contribution in [0.4, 0.5) is 5.69 Å². The molecule has 0 bridgehead atoms. The van der Waals surface area contributed by atoms with E-state index in [1.54, 1.807) is 41.8 Å². The lowest BCUT2D eigenvalue weighted by molar-refractivity contribution is 0.0686. The summed E-state index contributed by atoms with van der Waals surface area (Å²) >= 11 is 1.18. The van der Waals surface area contributed by atoms with Gasteiger partial charge in [-0.1, -0.05) is 18.2 Å². The Balaban J connectivity index is 2.05. The molecule has 0 atom stereocenters. The highest BCUT2D eigenvalue weighted by Gasteiger charge is 2.22. The van der Waals surface area contributed by atoms with Crippen molar-refractivity contribution in [1.29, 1.82) is 0 Å². The van der Waals surface area contributed by atoms with Crippen LogP contribution in [0.3, 0.4) is 0 Å². The van der Waals surface area contributed by atoms with Crippen LogP contribution >= 0.6 is 11.3 Å². The fourth-order valence-electron chi connectivity index (χ4n) is 2.31. The van der Waals surface area contributed by atoms with Crippen molar-refractivity contribution in [2.24, 2.45) is 7.05 Å². The second-order valence-electron chi connectivity index (χ2n) is 5.29. The molecule has 3 rings (SSSR count). The van der Waals surface area contributed by atoms with E-state index in [9.17, 15) is 19.5 Å². The van der Waals surface area contributed by atoms with Crippen molar-refractivity contribution in [2.75, 3.05) is 5.32 Å². The quantitative estimate of drug-likeness (QED) is 0.646. The van der Waals surface area contributed by atoms with Gasteiger partial charge in [0, 0.05) is 12.6 Å². The average molecular weight is 371 g/mol. The predicted molar refractivity (Wildman–Crippen MR) is 95.8 cm³/mol. The van der Waals surface area contributed by atoms with E-state index in [-0.39, 0.29) is 11.7 Å². The molecule has 0 radical (unpaired) electrons. The first-order chi connectivity index (χ1) is 12.4. The molecule has 9 heteroatoms. The third-order valence-corrected chi connectivity index (χ3v) is 4.53. The van der Waals surface area contributed by atoms with Crippen molar-refractivity contribution in [2.45, 2.75) is 0 Å². The molecule has 0 spiro atoms. The van der Waals surface area contributed by atoms with Gasteiger partial charge in [-0.05, 0) is 23.6 Å². The zero-order chi connectivity index (χ0) is 18.8. The lowest BCUT2D eigenvalue weighted by Crippen LogP contribution is -2.23. The van der Waals surface area contributed by atoms with Crippen molar-refractivity contribution in [1.82, 2.24) is 9.55 Å². The van der Waals surface area contributed by atoms with Crippen molar-refractivity contribution in [3.63, 3.8) is 0 Å². The zero-order valence-corrected chi connectivity index (χ0v) is 14.3. The summed E-state index contributed by atoms with van der Waals surface area (Å²) in [6, 6.07) is 10.2. The molecule has 0 aliphatic heterocycles. The number of thiophene rings is 1. The van der Waals surface area contributed by atoms with Gasteiger partial charge in [-0.15, -0.1) is 11.3 Å². The first-order valence-electron chi connectivity index (χ1n) is 7.37. The molecule has 26 heavy (non-hydrogen) atoms. The SMILES string of the molecule is Cn1c(-c2sccc2NC(=O)c2ccccc2)nc(C(=O)O)c(O)c1=O. The van der Waals surface area contributed by atoms with Gasteiger partial charge >= 0.3 is 5.97 Å². The molecule has 0 fully saturated rings. The monoisotopic (exact) mass is 371 g/mol. The number of rotatable bonds is 4. The number of nitrogens with one attached hydrogen (secondary N) is 1. The third-order valence-electron chi connectivity index (χ3n) is 3.62. The number of aromatic nitrogens is 2. The smallest absolute Gasteiger partial charge is 0.358 e. The van der Waals surface area contributed by atoms with Gasteiger partial charge in [0.15, 0.2) is 11.5 Å². The Kier molecular flexibility index (Phi) is 4.55. The molecule has 3 aromatic rings. The number of carbonyl (C=O) groups is 2. The fourth-order valence-corrected chi connectivity index (χ4v) is 3.18. The Morgan fingerprint density at radius 1 is 1.19 bits per heavy atom. The Morgan fingerprint density at radius 2 is 1.88 bits per heavy atom. The molecule has 1 aromatic carbocycles. The van der Waals surface area contributed by atoms with Gasteiger partial charge < -0.3 is 15.5 Å². The Bertz CT molecular complexity index is 1060. The van der Waals surface area contributed by atoms with Crippen molar-refractivity contribution in [3.8, 4) is 16.5 Å². The summed E-state index contributed by atoms with van der Waals surface area (Å²) in [6.07, 6.45) is 0. The van der Waals surface area contributed by atoms with Crippen LogP contribution in [-0.4, -0.2) is 31.6 Å². The molecule has 1 amide bonds. The molecule has 132 valence electrons. The number of aromatic hydroxyl groups is 1. The topological polar surface area (TPSA) is 122 Å². The van der Waals surface area contributed by atoms with E-state index in [1.165, 1.54) is 18.4 Å². The van der Waals surface area contributed by atoms with Crippen LogP contribution < -0.4 is 10.9 Å². The van der Waals surface area contributed by atoms with E-state index in [1.807, 2.05) is 0 Å². The lowest BCUT2D eigenvalue weighted by atomic mass is 10.2. The average Bonchev–Trinajstić information content (AvgIpc) is 3.08. The highest BCUT2D eigenvalue weighted by molar-refractivity contribution is 7.14. The summed E-state index contributed by atoms with van der Waals surface area (Å²) in [4.78, 5) is 39.9. The minimum absolute atomic E-state index is 0.0311. The van der Waals surface area contributed by atoms with Gasteiger partial charge in [0.1, 0.15) is 0 Å². The number of hydrogen-bond acceptors (Lipinski definition) is 6. The zero-order valence-electron chi connectivity index (χ0n) is 13.5. The maximum absolute atomic E-state index is 12.3. The largest absolute Gasteiger partial charge is 0.501 e. The van der Waals surface area contributed by atoms with E-state index in [0.717, 1.165) is 4.57 Å². The number of aromatic carboxylic acids is 1.